The predicted octanol–water partition coefficient (Wildman–Crippen LogP) is 1.58. The maximum absolute atomic E-state index is 12.7. The van der Waals surface area contributed by atoms with Crippen LogP contribution in [0.25, 0.3) is 6.08 Å². The lowest BCUT2D eigenvalue weighted by molar-refractivity contribution is -0.127. The van der Waals surface area contributed by atoms with Crippen LogP contribution in [0.15, 0.2) is 41.3 Å². The van der Waals surface area contributed by atoms with E-state index in [4.69, 9.17) is 0 Å². The highest BCUT2D eigenvalue weighted by Gasteiger charge is 2.29. The highest BCUT2D eigenvalue weighted by Crippen LogP contribution is 2.18. The summed E-state index contributed by atoms with van der Waals surface area (Å²) < 4.78 is 28.5. The summed E-state index contributed by atoms with van der Waals surface area (Å²) in [6.45, 7) is 5.20. The molecule has 27 heavy (non-hydrogen) atoms. The van der Waals surface area contributed by atoms with Crippen LogP contribution in [0.1, 0.15) is 17.0 Å². The van der Waals surface area contributed by atoms with Gasteiger partial charge in [0.25, 0.3) is 0 Å². The monoisotopic (exact) mass is 388 g/mol. The van der Waals surface area contributed by atoms with Gasteiger partial charge in [-0.1, -0.05) is 18.2 Å². The molecule has 1 saturated heterocycles. The minimum atomic E-state index is -3.51. The van der Waals surface area contributed by atoms with Gasteiger partial charge in [-0.2, -0.15) is 9.40 Å². The average Bonchev–Trinajstić information content (AvgIpc) is 2.92. The van der Waals surface area contributed by atoms with Gasteiger partial charge in [-0.25, -0.2) is 8.42 Å². The molecule has 1 aromatic carbocycles. The molecule has 0 atom stereocenters. The Morgan fingerprint density at radius 3 is 2.26 bits per heavy atom. The summed E-state index contributed by atoms with van der Waals surface area (Å²) in [4.78, 5) is 14.4. The van der Waals surface area contributed by atoms with E-state index in [1.54, 1.807) is 52.1 Å². The van der Waals surface area contributed by atoms with Crippen molar-refractivity contribution >= 4 is 22.0 Å². The van der Waals surface area contributed by atoms with Gasteiger partial charge in [0, 0.05) is 50.6 Å². The van der Waals surface area contributed by atoms with Gasteiger partial charge in [-0.05, 0) is 32.1 Å². The van der Waals surface area contributed by atoms with Gasteiger partial charge < -0.3 is 4.90 Å². The lowest BCUT2D eigenvalue weighted by Crippen LogP contribution is -2.50. The zero-order valence-electron chi connectivity index (χ0n) is 15.8. The summed E-state index contributed by atoms with van der Waals surface area (Å²) in [5, 5.41) is 4.33. The first-order valence-electron chi connectivity index (χ1n) is 8.83. The number of rotatable bonds is 4. The Labute approximate surface area is 159 Å². The highest BCUT2D eigenvalue weighted by molar-refractivity contribution is 7.89. The van der Waals surface area contributed by atoms with Crippen molar-refractivity contribution in [3.63, 3.8) is 0 Å². The van der Waals surface area contributed by atoms with Crippen molar-refractivity contribution in [3.05, 3.63) is 53.4 Å². The Hall–Kier alpha value is -2.45. The quantitative estimate of drug-likeness (QED) is 0.746. The molecule has 1 aliphatic heterocycles. The first kappa shape index (κ1) is 19.3. The third kappa shape index (κ3) is 3.96. The zero-order chi connectivity index (χ0) is 19.6. The fourth-order valence-electron chi connectivity index (χ4n) is 3.18. The van der Waals surface area contributed by atoms with Crippen LogP contribution in [0.4, 0.5) is 0 Å². The summed E-state index contributed by atoms with van der Waals surface area (Å²) in [6, 6.07) is 8.38. The smallest absolute Gasteiger partial charge is 0.246 e. The molecule has 1 amide bonds. The van der Waals surface area contributed by atoms with Crippen molar-refractivity contribution < 1.29 is 13.2 Å². The number of piperazine rings is 1. The second-order valence-corrected chi connectivity index (χ2v) is 8.52. The standard InChI is InChI=1S/C19H24N4O3S/c1-15-18(16(2)21(3)20-15)9-10-19(24)22-11-13-23(14-12-22)27(25,26)17-7-5-4-6-8-17/h4-10H,11-14H2,1-3H3/b10-9+. The molecule has 0 N–H and O–H groups in total. The fourth-order valence-corrected chi connectivity index (χ4v) is 4.62. The maximum atomic E-state index is 12.7. The van der Waals surface area contributed by atoms with Crippen LogP contribution >= 0.6 is 0 Å². The van der Waals surface area contributed by atoms with Crippen LogP contribution in [0.3, 0.4) is 0 Å². The highest BCUT2D eigenvalue weighted by atomic mass is 32.2. The number of benzene rings is 1. The second-order valence-electron chi connectivity index (χ2n) is 6.58. The zero-order valence-corrected chi connectivity index (χ0v) is 16.6. The molecule has 0 saturated carbocycles. The van der Waals surface area contributed by atoms with Gasteiger partial charge in [0.2, 0.25) is 15.9 Å². The summed E-state index contributed by atoms with van der Waals surface area (Å²) >= 11 is 0. The van der Waals surface area contributed by atoms with Gasteiger partial charge in [0.15, 0.2) is 0 Å². The van der Waals surface area contributed by atoms with E-state index >= 15 is 0 Å². The van der Waals surface area contributed by atoms with E-state index in [1.165, 1.54) is 4.31 Å². The third-order valence-corrected chi connectivity index (χ3v) is 6.80. The number of carbonyl (C=O) groups is 1. The molecule has 1 aromatic heterocycles. The molecular formula is C19H24N4O3S. The van der Waals surface area contributed by atoms with Crippen LogP contribution in [0.5, 0.6) is 0 Å². The van der Waals surface area contributed by atoms with Crippen molar-refractivity contribution in [2.75, 3.05) is 26.2 Å². The Morgan fingerprint density at radius 1 is 1.07 bits per heavy atom. The lowest BCUT2D eigenvalue weighted by Gasteiger charge is -2.33. The van der Waals surface area contributed by atoms with E-state index in [-0.39, 0.29) is 10.8 Å². The second kappa shape index (κ2) is 7.66. The molecule has 2 aromatic rings. The summed E-state index contributed by atoms with van der Waals surface area (Å²) in [5.41, 5.74) is 2.81. The number of hydrogen-bond acceptors (Lipinski definition) is 4. The Morgan fingerprint density at radius 2 is 1.70 bits per heavy atom. The molecule has 0 radical (unpaired) electrons. The molecule has 7 nitrogen and oxygen atoms in total. The van der Waals surface area contributed by atoms with Crippen LogP contribution < -0.4 is 0 Å². The van der Waals surface area contributed by atoms with Crippen LogP contribution in [-0.4, -0.2) is 59.5 Å². The first-order chi connectivity index (χ1) is 12.8. The van der Waals surface area contributed by atoms with Gasteiger partial charge in [0.05, 0.1) is 10.6 Å². The SMILES string of the molecule is Cc1nn(C)c(C)c1/C=C/C(=O)N1CCN(S(=O)(=O)c2ccccc2)CC1. The number of carbonyl (C=O) groups excluding carboxylic acids is 1. The maximum Gasteiger partial charge on any atom is 0.246 e. The van der Waals surface area contributed by atoms with Crippen molar-refractivity contribution in [1.82, 2.24) is 19.0 Å². The number of sulfonamides is 1. The van der Waals surface area contributed by atoms with E-state index in [0.29, 0.717) is 26.2 Å². The number of hydrogen-bond donors (Lipinski definition) is 0. The molecule has 1 fully saturated rings. The molecular weight excluding hydrogens is 364 g/mol. The number of aromatic nitrogens is 2. The largest absolute Gasteiger partial charge is 0.337 e. The topological polar surface area (TPSA) is 75.5 Å². The number of aryl methyl sites for hydroxylation is 2. The third-order valence-electron chi connectivity index (χ3n) is 4.89. The molecule has 0 aliphatic carbocycles. The van der Waals surface area contributed by atoms with E-state index in [0.717, 1.165) is 17.0 Å². The number of amides is 1. The molecule has 0 bridgehead atoms. The van der Waals surface area contributed by atoms with E-state index in [1.807, 2.05) is 20.9 Å². The van der Waals surface area contributed by atoms with E-state index in [2.05, 4.69) is 5.10 Å². The summed E-state index contributed by atoms with van der Waals surface area (Å²) in [5.74, 6) is -0.116. The van der Waals surface area contributed by atoms with Crippen molar-refractivity contribution in [1.29, 1.82) is 0 Å². The Balaban J connectivity index is 1.64. The molecule has 8 heteroatoms. The van der Waals surface area contributed by atoms with Gasteiger partial charge in [-0.3, -0.25) is 9.48 Å². The normalized spacial score (nSPS) is 16.2. The molecule has 0 unspecified atom stereocenters. The van der Waals surface area contributed by atoms with E-state index < -0.39 is 10.0 Å². The predicted molar refractivity (Wildman–Crippen MR) is 103 cm³/mol. The van der Waals surface area contributed by atoms with Crippen molar-refractivity contribution in [2.45, 2.75) is 18.7 Å². The van der Waals surface area contributed by atoms with Crippen LogP contribution in [-0.2, 0) is 21.9 Å². The fraction of sp³-hybridized carbons (Fsp3) is 0.368. The number of nitrogens with zero attached hydrogens (tertiary/aromatic N) is 4. The van der Waals surface area contributed by atoms with Crippen molar-refractivity contribution in [3.8, 4) is 0 Å². The van der Waals surface area contributed by atoms with Crippen molar-refractivity contribution in [2.24, 2.45) is 7.05 Å². The molecule has 1 aliphatic rings. The summed E-state index contributed by atoms with van der Waals surface area (Å²) in [6.07, 6.45) is 3.32. The van der Waals surface area contributed by atoms with Crippen LogP contribution in [0.2, 0.25) is 0 Å². The minimum Gasteiger partial charge on any atom is -0.337 e. The van der Waals surface area contributed by atoms with E-state index in [9.17, 15) is 13.2 Å². The lowest BCUT2D eigenvalue weighted by atomic mass is 10.2. The molecule has 2 heterocycles. The van der Waals surface area contributed by atoms with Gasteiger partial charge in [0.1, 0.15) is 0 Å². The Bertz CT molecular complexity index is 956. The molecule has 0 spiro atoms. The molecule has 144 valence electrons. The minimum absolute atomic E-state index is 0.116. The van der Waals surface area contributed by atoms with Gasteiger partial charge >= 0.3 is 0 Å². The van der Waals surface area contributed by atoms with Gasteiger partial charge in [-0.15, -0.1) is 0 Å². The van der Waals surface area contributed by atoms with Crippen LogP contribution in [0, 0.1) is 13.8 Å². The first-order valence-corrected chi connectivity index (χ1v) is 10.3. The summed E-state index contributed by atoms with van der Waals surface area (Å²) in [7, 11) is -1.64. The Kier molecular flexibility index (Phi) is 5.48. The average molecular weight is 388 g/mol. The molecule has 3 rings (SSSR count).